The summed E-state index contributed by atoms with van der Waals surface area (Å²) in [5, 5.41) is 2.66. The van der Waals surface area contributed by atoms with Crippen molar-refractivity contribution in [3.8, 4) is 5.75 Å². The van der Waals surface area contributed by atoms with E-state index in [0.29, 0.717) is 35.6 Å². The molecule has 0 radical (unpaired) electrons. The summed E-state index contributed by atoms with van der Waals surface area (Å²) in [6, 6.07) is 7.67. The molecule has 1 amide bonds. The average Bonchev–Trinajstić information content (AvgIpc) is 3.18. The molecule has 0 spiro atoms. The topological polar surface area (TPSA) is 136 Å². The molecule has 1 aliphatic rings. The van der Waals surface area contributed by atoms with E-state index in [0.717, 1.165) is 61.6 Å². The van der Waals surface area contributed by atoms with Gasteiger partial charge in [-0.1, -0.05) is 93.7 Å². The number of halogens is 2. The number of carbonyl (C=O) groups excluding carboxylic acids is 2. The van der Waals surface area contributed by atoms with Crippen molar-refractivity contribution in [2.75, 3.05) is 18.5 Å². The number of nitrogens with zero attached hydrogens (tertiary/aromatic N) is 3. The van der Waals surface area contributed by atoms with E-state index in [9.17, 15) is 18.4 Å². The second-order valence-electron chi connectivity index (χ2n) is 14.5. The molecule has 1 aromatic heterocycles. The van der Waals surface area contributed by atoms with Crippen LogP contribution in [0.15, 0.2) is 71.9 Å². The molecule has 1 aromatic carbocycles. The lowest BCUT2D eigenvalue weighted by Gasteiger charge is -2.36. The maximum absolute atomic E-state index is 13.9. The number of allylic oxidation sites excluding steroid dienone is 2. The summed E-state index contributed by atoms with van der Waals surface area (Å²) in [4.78, 5) is 33.8. The summed E-state index contributed by atoms with van der Waals surface area (Å²) in [5.41, 5.74) is 15.2. The van der Waals surface area contributed by atoms with Crippen LogP contribution in [-0.4, -0.2) is 40.6 Å². The van der Waals surface area contributed by atoms with E-state index in [1.165, 1.54) is 38.1 Å². The van der Waals surface area contributed by atoms with Crippen LogP contribution in [0.25, 0.3) is 5.57 Å². The Labute approximate surface area is 336 Å². The van der Waals surface area contributed by atoms with Crippen LogP contribution < -0.4 is 21.5 Å². The number of hydrogen-bond donors (Lipinski definition) is 3. The van der Waals surface area contributed by atoms with E-state index in [1.807, 2.05) is 33.0 Å². The van der Waals surface area contributed by atoms with E-state index in [-0.39, 0.29) is 35.5 Å². The summed E-state index contributed by atoms with van der Waals surface area (Å²) >= 11 is 0. The van der Waals surface area contributed by atoms with Gasteiger partial charge < -0.3 is 26.4 Å². The van der Waals surface area contributed by atoms with Crippen molar-refractivity contribution in [2.24, 2.45) is 40.1 Å². The third kappa shape index (κ3) is 15.3. The van der Waals surface area contributed by atoms with Gasteiger partial charge in [0.15, 0.2) is 0 Å². The van der Waals surface area contributed by atoms with Crippen LogP contribution in [0, 0.1) is 23.7 Å². The number of alkyl halides is 2. The standard InChI is InChI=1S/C40H57F2N5O2.C3H7NO.C2H6/c1-10-14-27(6)15-16-30(23-26(5)11-2)29(8)47-22-21-45-38(43)37(47)36(28(7)12-3)33-18-17-31(24-34(33)49-13-4)39(48)46-35-25-32(19-20-44-35)40(9,41)42;1-3(5)2-4;1-2/h17-22,24-28,30H,8,10-16,23H2,1-7,9H3,(H2,43,45)(H,44,46,48);2,4H2,1H3;1-2H3/b37-36+;;. The fourth-order valence-corrected chi connectivity index (χ4v) is 6.29. The molecule has 0 fully saturated rings. The molecule has 2 aromatic rings. The van der Waals surface area contributed by atoms with Gasteiger partial charge in [0.25, 0.3) is 11.8 Å². The third-order valence-corrected chi connectivity index (χ3v) is 9.86. The molecule has 0 bridgehead atoms. The zero-order chi connectivity index (χ0) is 42.6. The number of anilines is 1. The molecule has 11 heteroatoms. The Kier molecular flexibility index (Phi) is 22.2. The number of aliphatic imine (C=N–C) groups is 1. The van der Waals surface area contributed by atoms with Crippen LogP contribution in [0.5, 0.6) is 5.75 Å². The van der Waals surface area contributed by atoms with Gasteiger partial charge in [-0.3, -0.25) is 9.59 Å². The molecule has 0 saturated carbocycles. The van der Waals surface area contributed by atoms with Crippen molar-refractivity contribution in [1.29, 1.82) is 0 Å². The lowest BCUT2D eigenvalue weighted by Crippen LogP contribution is -2.34. The van der Waals surface area contributed by atoms with Crippen molar-refractivity contribution < 1.29 is 23.1 Å². The monoisotopic (exact) mass is 781 g/mol. The van der Waals surface area contributed by atoms with Crippen LogP contribution in [0.4, 0.5) is 14.6 Å². The van der Waals surface area contributed by atoms with Crippen LogP contribution in [0.3, 0.4) is 0 Å². The summed E-state index contributed by atoms with van der Waals surface area (Å²) in [6.45, 7) is 26.8. The smallest absolute Gasteiger partial charge is 0.270 e. The first-order valence-corrected chi connectivity index (χ1v) is 20.4. The molecule has 2 heterocycles. The number of benzene rings is 1. The Bertz CT molecular complexity index is 1650. The highest BCUT2D eigenvalue weighted by atomic mass is 19.3. The number of ether oxygens (including phenoxy) is 1. The Morgan fingerprint density at radius 1 is 1.00 bits per heavy atom. The van der Waals surface area contributed by atoms with Crippen molar-refractivity contribution in [1.82, 2.24) is 9.88 Å². The molecular formula is C45H70F2N6O3. The molecule has 9 nitrogen and oxygen atoms in total. The van der Waals surface area contributed by atoms with Crippen LogP contribution in [0.1, 0.15) is 143 Å². The van der Waals surface area contributed by atoms with Gasteiger partial charge in [0.1, 0.15) is 23.2 Å². The van der Waals surface area contributed by atoms with E-state index >= 15 is 0 Å². The SMILES string of the molecule is C=C(C(CCC(C)CCC)CC(C)CC)N1C=CN=C(N)/C1=C(\c1ccc(C(=O)Nc2cc(C(C)(F)F)ccn2)cc1OCC)C(C)CC.CC.CC(=O)CN. The lowest BCUT2D eigenvalue weighted by molar-refractivity contribution is -0.115. The quantitative estimate of drug-likeness (QED) is 0.129. The van der Waals surface area contributed by atoms with Crippen molar-refractivity contribution in [3.63, 3.8) is 0 Å². The van der Waals surface area contributed by atoms with Gasteiger partial charge in [-0.05, 0) is 86.6 Å². The van der Waals surface area contributed by atoms with E-state index in [4.69, 9.17) is 16.2 Å². The second-order valence-corrected chi connectivity index (χ2v) is 14.5. The van der Waals surface area contributed by atoms with Gasteiger partial charge in [-0.15, -0.1) is 0 Å². The number of amides is 1. The number of Topliss-reactive ketones (excluding diaryl/α,β-unsaturated/α-hetero) is 1. The Morgan fingerprint density at radius 3 is 2.21 bits per heavy atom. The Balaban J connectivity index is 0.00000207. The first kappa shape index (κ1) is 49.6. The maximum atomic E-state index is 13.9. The summed E-state index contributed by atoms with van der Waals surface area (Å²) in [5.74, 6) is -1.09. The zero-order valence-electron chi connectivity index (χ0n) is 36.0. The summed E-state index contributed by atoms with van der Waals surface area (Å²) < 4.78 is 34.0. The fourth-order valence-electron chi connectivity index (χ4n) is 6.29. The molecule has 0 saturated heterocycles. The minimum atomic E-state index is -3.06. The van der Waals surface area contributed by atoms with Gasteiger partial charge in [-0.2, -0.15) is 0 Å². The number of carbonyl (C=O) groups is 2. The maximum Gasteiger partial charge on any atom is 0.270 e. The van der Waals surface area contributed by atoms with Crippen molar-refractivity contribution >= 4 is 28.9 Å². The van der Waals surface area contributed by atoms with Crippen LogP contribution >= 0.6 is 0 Å². The van der Waals surface area contributed by atoms with Gasteiger partial charge in [0.2, 0.25) is 0 Å². The summed E-state index contributed by atoms with van der Waals surface area (Å²) in [6.07, 6.45) is 12.4. The first-order valence-electron chi connectivity index (χ1n) is 20.4. The molecule has 56 heavy (non-hydrogen) atoms. The third-order valence-electron chi connectivity index (χ3n) is 9.86. The Hall–Kier alpha value is -4.38. The van der Waals surface area contributed by atoms with Crippen LogP contribution in [0.2, 0.25) is 0 Å². The van der Waals surface area contributed by atoms with E-state index in [1.54, 1.807) is 18.3 Å². The largest absolute Gasteiger partial charge is 0.493 e. The minimum Gasteiger partial charge on any atom is -0.493 e. The van der Waals surface area contributed by atoms with Gasteiger partial charge >= 0.3 is 0 Å². The number of amidine groups is 1. The minimum absolute atomic E-state index is 0.0324. The van der Waals surface area contributed by atoms with Crippen molar-refractivity contribution in [2.45, 2.75) is 127 Å². The lowest BCUT2D eigenvalue weighted by atomic mass is 9.84. The number of ketones is 1. The van der Waals surface area contributed by atoms with E-state index < -0.39 is 11.8 Å². The number of hydrogen-bond acceptors (Lipinski definition) is 8. The van der Waals surface area contributed by atoms with Crippen molar-refractivity contribution in [3.05, 3.63) is 83.6 Å². The average molecular weight is 781 g/mol. The predicted octanol–water partition coefficient (Wildman–Crippen LogP) is 11.1. The number of nitrogens with two attached hydrogens (primary N) is 2. The molecule has 0 aliphatic carbocycles. The Morgan fingerprint density at radius 2 is 1.66 bits per heavy atom. The molecule has 5 N–H and O–H groups in total. The number of nitrogens with one attached hydrogen (secondary N) is 1. The fraction of sp³-hybridized carbons (Fsp3) is 0.556. The molecule has 312 valence electrons. The molecular weight excluding hydrogens is 711 g/mol. The van der Waals surface area contributed by atoms with Gasteiger partial charge in [0.05, 0.1) is 18.8 Å². The first-order chi connectivity index (χ1) is 26.5. The highest BCUT2D eigenvalue weighted by Gasteiger charge is 2.31. The zero-order valence-corrected chi connectivity index (χ0v) is 36.0. The summed E-state index contributed by atoms with van der Waals surface area (Å²) in [7, 11) is 0. The van der Waals surface area contributed by atoms with Gasteiger partial charge in [0, 0.05) is 47.9 Å². The van der Waals surface area contributed by atoms with E-state index in [2.05, 4.69) is 68.3 Å². The number of aromatic nitrogens is 1. The van der Waals surface area contributed by atoms with Gasteiger partial charge in [-0.25, -0.2) is 18.8 Å². The molecule has 3 rings (SSSR count). The number of pyridine rings is 1. The molecule has 4 unspecified atom stereocenters. The number of rotatable bonds is 19. The highest BCUT2D eigenvalue weighted by Crippen LogP contribution is 2.41. The molecule has 4 atom stereocenters. The molecule has 1 aliphatic heterocycles. The second kappa shape index (κ2) is 25.0. The van der Waals surface area contributed by atoms with Crippen LogP contribution in [-0.2, 0) is 10.7 Å². The predicted molar refractivity (Wildman–Crippen MR) is 229 cm³/mol. The highest BCUT2D eigenvalue weighted by molar-refractivity contribution is 6.07. The normalized spacial score (nSPS) is 15.5.